The van der Waals surface area contributed by atoms with E-state index >= 15 is 0 Å². The molecule has 1 aromatic heterocycles. The van der Waals surface area contributed by atoms with Gasteiger partial charge in [0, 0.05) is 29.6 Å². The van der Waals surface area contributed by atoms with Gasteiger partial charge in [-0.3, -0.25) is 14.7 Å². The first-order valence-electron chi connectivity index (χ1n) is 7.52. The standard InChI is InChI=1S/C16H23N3O/c1-5-19-15(10(4)20)13(9(2)3)14-11-8-17-7-6-12(11)18-16(14)19/h6-9,13-16,18H,5H2,1-4H3. The summed E-state index contributed by atoms with van der Waals surface area (Å²) in [5.74, 6) is 1.48. The Morgan fingerprint density at radius 2 is 2.25 bits per heavy atom. The van der Waals surface area contributed by atoms with Crippen LogP contribution in [0.5, 0.6) is 0 Å². The summed E-state index contributed by atoms with van der Waals surface area (Å²) in [6.07, 6.45) is 4.04. The number of nitrogens with one attached hydrogen (secondary N) is 1. The van der Waals surface area contributed by atoms with Gasteiger partial charge in [-0.15, -0.1) is 0 Å². The Morgan fingerprint density at radius 3 is 2.85 bits per heavy atom. The second-order valence-electron chi connectivity index (χ2n) is 6.29. The molecule has 3 rings (SSSR count). The van der Waals surface area contributed by atoms with Gasteiger partial charge >= 0.3 is 0 Å². The molecule has 4 unspecified atom stereocenters. The van der Waals surface area contributed by atoms with Crippen LogP contribution in [-0.2, 0) is 4.79 Å². The van der Waals surface area contributed by atoms with Crippen molar-refractivity contribution in [3.63, 3.8) is 0 Å². The van der Waals surface area contributed by atoms with Gasteiger partial charge < -0.3 is 5.32 Å². The molecule has 1 aromatic rings. The third-order valence-corrected chi connectivity index (χ3v) is 4.90. The molecule has 0 radical (unpaired) electrons. The van der Waals surface area contributed by atoms with E-state index in [1.807, 2.05) is 18.5 Å². The second kappa shape index (κ2) is 4.85. The molecule has 2 aliphatic rings. The molecule has 0 saturated carbocycles. The number of aromatic nitrogens is 1. The van der Waals surface area contributed by atoms with E-state index in [4.69, 9.17) is 0 Å². The van der Waals surface area contributed by atoms with Gasteiger partial charge in [0.15, 0.2) is 0 Å². The molecule has 4 atom stereocenters. The number of rotatable bonds is 3. The molecule has 108 valence electrons. The summed E-state index contributed by atoms with van der Waals surface area (Å²) >= 11 is 0. The van der Waals surface area contributed by atoms with Crippen molar-refractivity contribution in [3.05, 3.63) is 24.0 Å². The lowest BCUT2D eigenvalue weighted by Gasteiger charge is -2.30. The molecule has 3 heterocycles. The Balaban J connectivity index is 2.08. The lowest BCUT2D eigenvalue weighted by molar-refractivity contribution is -0.123. The van der Waals surface area contributed by atoms with Crippen LogP contribution in [0.3, 0.4) is 0 Å². The number of anilines is 1. The highest BCUT2D eigenvalue weighted by atomic mass is 16.1. The third-order valence-electron chi connectivity index (χ3n) is 4.90. The molecule has 0 spiro atoms. The average Bonchev–Trinajstić information content (AvgIpc) is 2.91. The SMILES string of the molecule is CCN1C2Nc3ccncc3C2C(C(C)C)C1C(C)=O. The zero-order chi connectivity index (χ0) is 14.4. The summed E-state index contributed by atoms with van der Waals surface area (Å²) < 4.78 is 0. The van der Waals surface area contributed by atoms with Gasteiger partial charge in [0.1, 0.15) is 5.78 Å². The molecule has 2 aliphatic heterocycles. The predicted molar refractivity (Wildman–Crippen MR) is 79.6 cm³/mol. The van der Waals surface area contributed by atoms with E-state index in [0.29, 0.717) is 17.8 Å². The van der Waals surface area contributed by atoms with Crippen molar-refractivity contribution in [3.8, 4) is 0 Å². The van der Waals surface area contributed by atoms with Crippen molar-refractivity contribution < 1.29 is 4.79 Å². The van der Waals surface area contributed by atoms with Crippen molar-refractivity contribution >= 4 is 11.5 Å². The number of carbonyl (C=O) groups excluding carboxylic acids is 1. The normalized spacial score (nSPS) is 32.0. The number of ketones is 1. The summed E-state index contributed by atoms with van der Waals surface area (Å²) in [6.45, 7) is 9.21. The van der Waals surface area contributed by atoms with E-state index in [-0.39, 0.29) is 18.0 Å². The number of hydrogen-bond acceptors (Lipinski definition) is 4. The first kappa shape index (κ1) is 13.6. The van der Waals surface area contributed by atoms with E-state index in [1.54, 1.807) is 6.92 Å². The molecule has 0 aliphatic carbocycles. The van der Waals surface area contributed by atoms with Crippen molar-refractivity contribution in [2.45, 2.75) is 45.8 Å². The summed E-state index contributed by atoms with van der Waals surface area (Å²) in [4.78, 5) is 18.8. The minimum absolute atomic E-state index is 0.0239. The summed E-state index contributed by atoms with van der Waals surface area (Å²) in [5.41, 5.74) is 2.46. The number of pyridine rings is 1. The highest BCUT2D eigenvalue weighted by Crippen LogP contribution is 2.51. The maximum absolute atomic E-state index is 12.2. The Hall–Kier alpha value is -1.42. The van der Waals surface area contributed by atoms with Gasteiger partial charge in [0.2, 0.25) is 0 Å². The van der Waals surface area contributed by atoms with Crippen molar-refractivity contribution in [2.75, 3.05) is 11.9 Å². The topological polar surface area (TPSA) is 45.2 Å². The lowest BCUT2D eigenvalue weighted by atomic mass is 9.77. The Bertz CT molecular complexity index is 528. The number of hydrogen-bond donors (Lipinski definition) is 1. The van der Waals surface area contributed by atoms with Crippen molar-refractivity contribution in [1.82, 2.24) is 9.88 Å². The van der Waals surface area contributed by atoms with Gasteiger partial charge in [-0.2, -0.15) is 0 Å². The van der Waals surface area contributed by atoms with Crippen LogP contribution in [0.15, 0.2) is 18.5 Å². The predicted octanol–water partition coefficient (Wildman–Crippen LogP) is 2.48. The van der Waals surface area contributed by atoms with Gasteiger partial charge in [0.25, 0.3) is 0 Å². The zero-order valence-electron chi connectivity index (χ0n) is 12.6. The van der Waals surface area contributed by atoms with Crippen molar-refractivity contribution in [1.29, 1.82) is 0 Å². The van der Waals surface area contributed by atoms with E-state index in [0.717, 1.165) is 6.54 Å². The van der Waals surface area contributed by atoms with E-state index < -0.39 is 0 Å². The molecule has 0 aromatic carbocycles. The molecule has 1 fully saturated rings. The first-order chi connectivity index (χ1) is 9.56. The number of nitrogens with zero attached hydrogens (tertiary/aromatic N) is 2. The maximum atomic E-state index is 12.2. The van der Waals surface area contributed by atoms with Gasteiger partial charge in [-0.1, -0.05) is 20.8 Å². The quantitative estimate of drug-likeness (QED) is 0.919. The fourth-order valence-electron chi connectivity index (χ4n) is 4.20. The number of fused-ring (bicyclic) bond motifs is 3. The molecule has 4 heteroatoms. The van der Waals surface area contributed by atoms with Crippen LogP contribution in [0.1, 0.15) is 39.2 Å². The summed E-state index contributed by atoms with van der Waals surface area (Å²) in [7, 11) is 0. The molecule has 0 amide bonds. The third kappa shape index (κ3) is 1.78. The van der Waals surface area contributed by atoms with Crippen LogP contribution in [0.2, 0.25) is 0 Å². The lowest BCUT2D eigenvalue weighted by Crippen LogP contribution is -2.44. The van der Waals surface area contributed by atoms with Crippen LogP contribution in [-0.4, -0.2) is 34.4 Å². The minimum atomic E-state index is 0.0239. The van der Waals surface area contributed by atoms with E-state index in [2.05, 4.69) is 36.0 Å². The Kier molecular flexibility index (Phi) is 3.28. The number of likely N-dealkylation sites (tertiary alicyclic amines) is 1. The first-order valence-corrected chi connectivity index (χ1v) is 7.52. The van der Waals surface area contributed by atoms with E-state index in [9.17, 15) is 4.79 Å². The fraction of sp³-hybridized carbons (Fsp3) is 0.625. The van der Waals surface area contributed by atoms with Crippen molar-refractivity contribution in [2.24, 2.45) is 11.8 Å². The number of carbonyl (C=O) groups is 1. The molecule has 20 heavy (non-hydrogen) atoms. The van der Waals surface area contributed by atoms with Gasteiger partial charge in [0.05, 0.1) is 12.2 Å². The van der Waals surface area contributed by atoms with Gasteiger partial charge in [-0.05, 0) is 31.4 Å². The number of likely N-dealkylation sites (N-methyl/N-ethyl adjacent to an activating group) is 1. The van der Waals surface area contributed by atoms with Crippen LogP contribution in [0.25, 0.3) is 0 Å². The average molecular weight is 273 g/mol. The Labute approximate surface area is 120 Å². The molecule has 1 saturated heterocycles. The molecular formula is C16H23N3O. The molecule has 1 N–H and O–H groups in total. The fourth-order valence-corrected chi connectivity index (χ4v) is 4.20. The molecule has 4 nitrogen and oxygen atoms in total. The maximum Gasteiger partial charge on any atom is 0.147 e. The smallest absolute Gasteiger partial charge is 0.147 e. The van der Waals surface area contributed by atoms with Crippen LogP contribution < -0.4 is 5.32 Å². The molecular weight excluding hydrogens is 250 g/mol. The zero-order valence-corrected chi connectivity index (χ0v) is 12.6. The van der Waals surface area contributed by atoms with Crippen LogP contribution >= 0.6 is 0 Å². The molecule has 0 bridgehead atoms. The van der Waals surface area contributed by atoms with Crippen LogP contribution in [0.4, 0.5) is 5.69 Å². The second-order valence-corrected chi connectivity index (χ2v) is 6.29. The Morgan fingerprint density at radius 1 is 1.50 bits per heavy atom. The monoisotopic (exact) mass is 273 g/mol. The van der Waals surface area contributed by atoms with Crippen LogP contribution in [0, 0.1) is 11.8 Å². The largest absolute Gasteiger partial charge is 0.369 e. The summed E-state index contributed by atoms with van der Waals surface area (Å²) in [6, 6.07) is 2.07. The highest BCUT2D eigenvalue weighted by molar-refractivity contribution is 5.83. The number of Topliss-reactive ketones (excluding diaryl/α,β-unsaturated/α-hetero) is 1. The summed E-state index contributed by atoms with van der Waals surface area (Å²) in [5, 5.41) is 3.60. The van der Waals surface area contributed by atoms with E-state index in [1.165, 1.54) is 11.3 Å². The minimum Gasteiger partial charge on any atom is -0.369 e. The highest BCUT2D eigenvalue weighted by Gasteiger charge is 2.54. The van der Waals surface area contributed by atoms with Gasteiger partial charge in [-0.25, -0.2) is 0 Å².